The van der Waals surface area contributed by atoms with Crippen LogP contribution in [0, 0.1) is 17.3 Å². The van der Waals surface area contributed by atoms with Gasteiger partial charge >= 0.3 is 0 Å². The topological polar surface area (TPSA) is 0 Å². The monoisotopic (exact) mass is 420 g/mol. The summed E-state index contributed by atoms with van der Waals surface area (Å²) in [4.78, 5) is 0. The largest absolute Gasteiger partial charge is 0.0990 e. The third kappa shape index (κ3) is 3.45. The van der Waals surface area contributed by atoms with E-state index in [1.807, 2.05) is 6.08 Å². The summed E-state index contributed by atoms with van der Waals surface area (Å²) in [6.45, 7) is 8.79. The van der Waals surface area contributed by atoms with Gasteiger partial charge in [-0.2, -0.15) is 0 Å². The van der Waals surface area contributed by atoms with Gasteiger partial charge in [0.1, 0.15) is 0 Å². The van der Waals surface area contributed by atoms with Gasteiger partial charge in [-0.25, -0.2) is 0 Å². The molecule has 124 valence electrons. The van der Waals surface area contributed by atoms with Crippen molar-refractivity contribution in [1.82, 2.24) is 0 Å². The van der Waals surface area contributed by atoms with Crippen LogP contribution in [0.15, 0.2) is 57.3 Å². The van der Waals surface area contributed by atoms with E-state index in [0.29, 0.717) is 5.41 Å². The second kappa shape index (κ2) is 7.13. The van der Waals surface area contributed by atoms with E-state index in [2.05, 4.69) is 67.3 Å². The van der Waals surface area contributed by atoms with Crippen molar-refractivity contribution in [3.8, 4) is 0 Å². The van der Waals surface area contributed by atoms with E-state index in [0.717, 1.165) is 11.8 Å². The zero-order valence-corrected chi connectivity index (χ0v) is 16.7. The summed E-state index contributed by atoms with van der Waals surface area (Å²) in [7, 11) is 0. The molecule has 1 unspecified atom stereocenters. The maximum Gasteiger partial charge on any atom is -0.00881 e. The molecule has 0 amide bonds. The molecule has 0 radical (unpaired) electrons. The standard InChI is InChI=1S/C22H29I/c1-4-8-17(23)10-7-9-16-13-14-19-18-11-5-6-12-20(18)22(2,3)21(19)15-16/h4-5,8,11,13,19,21H,1,6-7,9-10,12,14-15H2,2-3H3/b17-8+/t19-,21?/m1/s1. The third-order valence-electron chi connectivity index (χ3n) is 6.15. The molecule has 0 spiro atoms. The first kappa shape index (κ1) is 17.3. The van der Waals surface area contributed by atoms with Crippen LogP contribution in [-0.4, -0.2) is 0 Å². The van der Waals surface area contributed by atoms with Crippen LogP contribution < -0.4 is 0 Å². The SMILES string of the molecule is C=C/C=C(/I)CCCC1=CC[C@@H]2C3=C(CCC=C3)C(C)(C)C2C1. The maximum absolute atomic E-state index is 3.78. The number of hydrogen-bond acceptors (Lipinski definition) is 0. The average molecular weight is 420 g/mol. The lowest BCUT2D eigenvalue weighted by atomic mass is 9.68. The minimum Gasteiger partial charge on any atom is -0.0990 e. The summed E-state index contributed by atoms with van der Waals surface area (Å²) in [5, 5.41) is 0. The predicted octanol–water partition coefficient (Wildman–Crippen LogP) is 7.30. The van der Waals surface area contributed by atoms with Crippen LogP contribution in [0.5, 0.6) is 0 Å². The molecule has 3 aliphatic carbocycles. The van der Waals surface area contributed by atoms with Gasteiger partial charge in [-0.05, 0) is 93.9 Å². The number of fused-ring (bicyclic) bond motifs is 2. The summed E-state index contributed by atoms with van der Waals surface area (Å²) in [5.74, 6) is 1.62. The molecule has 3 rings (SSSR count). The fraction of sp³-hybridized carbons (Fsp3) is 0.545. The highest BCUT2D eigenvalue weighted by Crippen LogP contribution is 2.58. The van der Waals surface area contributed by atoms with Crippen LogP contribution in [0.3, 0.4) is 0 Å². The summed E-state index contributed by atoms with van der Waals surface area (Å²) in [5.41, 5.74) is 5.59. The molecule has 0 aromatic heterocycles. The van der Waals surface area contributed by atoms with Gasteiger partial charge in [-0.1, -0.05) is 62.0 Å². The molecule has 23 heavy (non-hydrogen) atoms. The molecule has 1 heteroatoms. The molecular weight excluding hydrogens is 391 g/mol. The van der Waals surface area contributed by atoms with Gasteiger partial charge in [-0.3, -0.25) is 0 Å². The number of hydrogen-bond donors (Lipinski definition) is 0. The Balaban J connectivity index is 1.65. The smallest absolute Gasteiger partial charge is 0.00881 e. The van der Waals surface area contributed by atoms with Crippen molar-refractivity contribution in [2.75, 3.05) is 0 Å². The molecule has 0 fully saturated rings. The van der Waals surface area contributed by atoms with Crippen molar-refractivity contribution in [3.63, 3.8) is 0 Å². The Morgan fingerprint density at radius 1 is 1.43 bits per heavy atom. The second-order valence-electron chi connectivity index (χ2n) is 7.81. The number of halogens is 1. The van der Waals surface area contributed by atoms with Crippen molar-refractivity contribution in [2.24, 2.45) is 17.3 Å². The second-order valence-corrected chi connectivity index (χ2v) is 9.20. The Kier molecular flexibility index (Phi) is 5.35. The Morgan fingerprint density at radius 2 is 2.26 bits per heavy atom. The van der Waals surface area contributed by atoms with Crippen LogP contribution in [-0.2, 0) is 0 Å². The number of rotatable bonds is 5. The Bertz CT molecular complexity index is 597. The lowest BCUT2D eigenvalue weighted by Crippen LogP contribution is -2.28. The summed E-state index contributed by atoms with van der Waals surface area (Å²) in [6.07, 6.45) is 20.3. The molecule has 0 saturated carbocycles. The quantitative estimate of drug-likeness (QED) is 0.249. The Hall–Kier alpha value is -0.570. The van der Waals surface area contributed by atoms with E-state index < -0.39 is 0 Å². The zero-order valence-electron chi connectivity index (χ0n) is 14.6. The fourth-order valence-electron chi connectivity index (χ4n) is 4.92. The van der Waals surface area contributed by atoms with Gasteiger partial charge in [-0.15, -0.1) is 0 Å². The van der Waals surface area contributed by atoms with Gasteiger partial charge in [0.05, 0.1) is 0 Å². The fourth-order valence-corrected chi connectivity index (χ4v) is 5.55. The molecule has 0 aliphatic heterocycles. The van der Waals surface area contributed by atoms with E-state index in [-0.39, 0.29) is 0 Å². The molecule has 0 aromatic carbocycles. The summed E-state index contributed by atoms with van der Waals surface area (Å²) >= 11 is 2.44. The van der Waals surface area contributed by atoms with E-state index in [1.165, 1.54) is 48.5 Å². The first-order valence-electron chi connectivity index (χ1n) is 9.09. The maximum atomic E-state index is 3.78. The molecule has 0 heterocycles. The highest BCUT2D eigenvalue weighted by molar-refractivity contribution is 14.1. The van der Waals surface area contributed by atoms with Crippen molar-refractivity contribution in [2.45, 2.75) is 58.8 Å². The first-order chi connectivity index (χ1) is 11.0. The lowest BCUT2D eigenvalue weighted by Gasteiger charge is -2.37. The van der Waals surface area contributed by atoms with Crippen molar-refractivity contribution in [1.29, 1.82) is 0 Å². The predicted molar refractivity (Wildman–Crippen MR) is 110 cm³/mol. The van der Waals surface area contributed by atoms with E-state index in [1.54, 1.807) is 16.7 Å². The Morgan fingerprint density at radius 3 is 3.04 bits per heavy atom. The third-order valence-corrected chi connectivity index (χ3v) is 7.05. The van der Waals surface area contributed by atoms with Crippen molar-refractivity contribution in [3.05, 3.63) is 57.3 Å². The first-order valence-corrected chi connectivity index (χ1v) is 10.2. The van der Waals surface area contributed by atoms with Crippen LogP contribution >= 0.6 is 22.6 Å². The zero-order chi connectivity index (χ0) is 16.4. The van der Waals surface area contributed by atoms with Crippen LogP contribution in [0.1, 0.15) is 58.8 Å². The van der Waals surface area contributed by atoms with Gasteiger partial charge in [0.15, 0.2) is 0 Å². The van der Waals surface area contributed by atoms with Crippen molar-refractivity contribution < 1.29 is 0 Å². The lowest BCUT2D eigenvalue weighted by molar-refractivity contribution is 0.218. The van der Waals surface area contributed by atoms with E-state index in [4.69, 9.17) is 0 Å². The molecule has 0 N–H and O–H groups in total. The Labute approximate surface area is 155 Å². The minimum atomic E-state index is 0.404. The molecular formula is C22H29I. The van der Waals surface area contributed by atoms with Crippen LogP contribution in [0.2, 0.25) is 0 Å². The van der Waals surface area contributed by atoms with Crippen LogP contribution in [0.4, 0.5) is 0 Å². The van der Waals surface area contributed by atoms with Gasteiger partial charge in [0.2, 0.25) is 0 Å². The summed E-state index contributed by atoms with van der Waals surface area (Å²) in [6, 6.07) is 0. The van der Waals surface area contributed by atoms with E-state index in [9.17, 15) is 0 Å². The molecule has 2 atom stereocenters. The highest BCUT2D eigenvalue weighted by Gasteiger charge is 2.47. The number of allylic oxidation sites excluding steroid dienone is 9. The highest BCUT2D eigenvalue weighted by atomic mass is 127. The molecule has 0 aromatic rings. The average Bonchev–Trinajstić information content (AvgIpc) is 2.76. The molecule has 0 saturated heterocycles. The van der Waals surface area contributed by atoms with Crippen LogP contribution in [0.25, 0.3) is 0 Å². The molecule has 3 aliphatic rings. The van der Waals surface area contributed by atoms with Gasteiger partial charge in [0, 0.05) is 0 Å². The van der Waals surface area contributed by atoms with Gasteiger partial charge in [0.25, 0.3) is 0 Å². The molecule has 0 nitrogen and oxygen atoms in total. The minimum absolute atomic E-state index is 0.404. The van der Waals surface area contributed by atoms with Gasteiger partial charge < -0.3 is 0 Å². The van der Waals surface area contributed by atoms with Crippen molar-refractivity contribution >= 4 is 22.6 Å². The normalized spacial score (nSPS) is 29.2. The summed E-state index contributed by atoms with van der Waals surface area (Å²) < 4.78 is 1.43. The van der Waals surface area contributed by atoms with E-state index >= 15 is 0 Å². The molecule has 0 bridgehead atoms.